The first-order valence-electron chi connectivity index (χ1n) is 8.56. The van der Waals surface area contributed by atoms with Crippen LogP contribution in [-0.4, -0.2) is 28.3 Å². The summed E-state index contributed by atoms with van der Waals surface area (Å²) in [6.45, 7) is 1.93. The minimum Gasteiger partial charge on any atom is -0.325 e. The van der Waals surface area contributed by atoms with Gasteiger partial charge in [-0.2, -0.15) is 0 Å². The number of carbonyl (C=O) groups excluding carboxylic acids is 2. The van der Waals surface area contributed by atoms with E-state index < -0.39 is 11.6 Å². The number of amides is 2. The monoisotopic (exact) mass is 433 g/mol. The molecule has 3 rings (SSSR count). The van der Waals surface area contributed by atoms with E-state index in [0.717, 1.165) is 46.9 Å². The summed E-state index contributed by atoms with van der Waals surface area (Å²) >= 11 is 2.27. The maximum Gasteiger partial charge on any atom is 0.236 e. The van der Waals surface area contributed by atoms with Crippen LogP contribution < -0.4 is 10.6 Å². The molecule has 2 N–H and O–H groups in total. The number of anilines is 2. The Hall–Kier alpha value is -2.78. The third kappa shape index (κ3) is 6.10. The van der Waals surface area contributed by atoms with Gasteiger partial charge in [0.15, 0.2) is 5.13 Å². The molecule has 9 heteroatoms. The standard InChI is InChI=1S/C20H17F2N3O2S2/c1-12-3-2-4-14(7-12)23-18(26)10-28-11-19(27)25-20-24-17(9-29-20)15-8-13(21)5-6-16(15)22/h2-9H,10-11H2,1H3,(H,23,26)(H,24,25,27). The molecule has 29 heavy (non-hydrogen) atoms. The fourth-order valence-electron chi connectivity index (χ4n) is 2.46. The molecular weight excluding hydrogens is 416 g/mol. The van der Waals surface area contributed by atoms with E-state index >= 15 is 0 Å². The topological polar surface area (TPSA) is 71.1 Å². The molecular formula is C20H17F2N3O2S2. The largest absolute Gasteiger partial charge is 0.325 e. The van der Waals surface area contributed by atoms with Crippen LogP contribution in [0.1, 0.15) is 5.56 Å². The quantitative estimate of drug-likeness (QED) is 0.566. The fourth-order valence-corrected chi connectivity index (χ4v) is 3.80. The van der Waals surface area contributed by atoms with Gasteiger partial charge in [-0.1, -0.05) is 12.1 Å². The molecule has 1 heterocycles. The Bertz CT molecular complexity index is 1040. The van der Waals surface area contributed by atoms with Gasteiger partial charge < -0.3 is 10.6 Å². The van der Waals surface area contributed by atoms with Gasteiger partial charge in [-0.05, 0) is 42.8 Å². The van der Waals surface area contributed by atoms with Crippen LogP contribution >= 0.6 is 23.1 Å². The fraction of sp³-hybridized carbons (Fsp3) is 0.150. The predicted molar refractivity (Wildman–Crippen MR) is 113 cm³/mol. The minimum absolute atomic E-state index is 0.0314. The molecule has 0 atom stereocenters. The van der Waals surface area contributed by atoms with E-state index in [0.29, 0.717) is 5.69 Å². The summed E-state index contributed by atoms with van der Waals surface area (Å²) < 4.78 is 27.1. The van der Waals surface area contributed by atoms with E-state index in [1.807, 2.05) is 25.1 Å². The molecule has 0 saturated heterocycles. The summed E-state index contributed by atoms with van der Waals surface area (Å²) in [6.07, 6.45) is 0. The number of carbonyl (C=O) groups is 2. The lowest BCUT2D eigenvalue weighted by molar-refractivity contribution is -0.114. The molecule has 150 valence electrons. The molecule has 3 aromatic rings. The first-order valence-corrected chi connectivity index (χ1v) is 10.6. The summed E-state index contributed by atoms with van der Waals surface area (Å²) in [5.41, 5.74) is 2.02. The van der Waals surface area contributed by atoms with Gasteiger partial charge in [-0.3, -0.25) is 9.59 Å². The molecule has 5 nitrogen and oxygen atoms in total. The van der Waals surface area contributed by atoms with Crippen molar-refractivity contribution in [1.82, 2.24) is 4.98 Å². The van der Waals surface area contributed by atoms with Gasteiger partial charge in [0.2, 0.25) is 11.8 Å². The Kier molecular flexibility index (Phi) is 6.95. The van der Waals surface area contributed by atoms with E-state index in [4.69, 9.17) is 0 Å². The number of thioether (sulfide) groups is 1. The maximum atomic E-state index is 13.8. The lowest BCUT2D eigenvalue weighted by atomic mass is 10.1. The van der Waals surface area contributed by atoms with E-state index in [1.165, 1.54) is 5.38 Å². The van der Waals surface area contributed by atoms with E-state index in [2.05, 4.69) is 15.6 Å². The normalized spacial score (nSPS) is 10.6. The van der Waals surface area contributed by atoms with Crippen LogP contribution in [0.4, 0.5) is 19.6 Å². The Morgan fingerprint density at radius 2 is 1.83 bits per heavy atom. The predicted octanol–water partition coefficient (Wildman–Crippen LogP) is 4.71. The van der Waals surface area contributed by atoms with Crippen LogP contribution in [0.2, 0.25) is 0 Å². The Balaban J connectivity index is 1.47. The molecule has 2 amide bonds. The van der Waals surface area contributed by atoms with Gasteiger partial charge in [-0.15, -0.1) is 23.1 Å². The summed E-state index contributed by atoms with van der Waals surface area (Å²) in [5, 5.41) is 7.18. The lowest BCUT2D eigenvalue weighted by Gasteiger charge is -2.06. The van der Waals surface area contributed by atoms with Crippen molar-refractivity contribution in [2.24, 2.45) is 0 Å². The number of aromatic nitrogens is 1. The molecule has 0 saturated carbocycles. The smallest absolute Gasteiger partial charge is 0.236 e. The highest BCUT2D eigenvalue weighted by molar-refractivity contribution is 8.00. The van der Waals surface area contributed by atoms with Crippen molar-refractivity contribution < 1.29 is 18.4 Å². The van der Waals surface area contributed by atoms with E-state index in [1.54, 1.807) is 6.07 Å². The molecule has 2 aromatic carbocycles. The van der Waals surface area contributed by atoms with E-state index in [9.17, 15) is 18.4 Å². The number of nitrogens with one attached hydrogen (secondary N) is 2. The highest BCUT2D eigenvalue weighted by Crippen LogP contribution is 2.27. The molecule has 0 fully saturated rings. The number of halogens is 2. The minimum atomic E-state index is -0.593. The average molecular weight is 434 g/mol. The van der Waals surface area contributed by atoms with Crippen molar-refractivity contribution in [1.29, 1.82) is 0 Å². The van der Waals surface area contributed by atoms with Crippen molar-refractivity contribution in [3.05, 3.63) is 65.0 Å². The number of hydrogen-bond donors (Lipinski definition) is 2. The van der Waals surface area contributed by atoms with Gasteiger partial charge in [-0.25, -0.2) is 13.8 Å². The van der Waals surface area contributed by atoms with Gasteiger partial charge in [0.05, 0.1) is 17.2 Å². The summed E-state index contributed by atoms with van der Waals surface area (Å²) in [6, 6.07) is 10.5. The van der Waals surface area contributed by atoms with Crippen LogP contribution in [0.5, 0.6) is 0 Å². The van der Waals surface area contributed by atoms with Crippen molar-refractivity contribution in [2.75, 3.05) is 22.1 Å². The molecule has 0 radical (unpaired) electrons. The van der Waals surface area contributed by atoms with Gasteiger partial charge in [0, 0.05) is 16.6 Å². The maximum absolute atomic E-state index is 13.8. The molecule has 0 spiro atoms. The zero-order valence-corrected chi connectivity index (χ0v) is 17.0. The van der Waals surface area contributed by atoms with E-state index in [-0.39, 0.29) is 39.7 Å². The second-order valence-electron chi connectivity index (χ2n) is 6.12. The third-order valence-corrected chi connectivity index (χ3v) is 5.41. The highest BCUT2D eigenvalue weighted by Gasteiger charge is 2.13. The third-order valence-electron chi connectivity index (χ3n) is 3.72. The van der Waals surface area contributed by atoms with Crippen LogP contribution in [0.25, 0.3) is 11.3 Å². The number of nitrogens with zero attached hydrogens (tertiary/aromatic N) is 1. The van der Waals surface area contributed by atoms with Gasteiger partial charge in [0.1, 0.15) is 11.6 Å². The Morgan fingerprint density at radius 1 is 1.07 bits per heavy atom. The molecule has 0 bridgehead atoms. The first-order chi connectivity index (χ1) is 13.9. The second-order valence-corrected chi connectivity index (χ2v) is 7.96. The number of thiazole rings is 1. The summed E-state index contributed by atoms with van der Waals surface area (Å²) in [5.74, 6) is -1.51. The van der Waals surface area contributed by atoms with Gasteiger partial charge >= 0.3 is 0 Å². The van der Waals surface area contributed by atoms with Crippen LogP contribution in [0, 0.1) is 18.6 Å². The van der Waals surface area contributed by atoms with Gasteiger partial charge in [0.25, 0.3) is 0 Å². The SMILES string of the molecule is Cc1cccc(NC(=O)CSCC(=O)Nc2nc(-c3cc(F)ccc3F)cs2)c1. The number of rotatable bonds is 7. The van der Waals surface area contributed by atoms with Crippen LogP contribution in [0.15, 0.2) is 47.8 Å². The van der Waals surface area contributed by atoms with Crippen LogP contribution in [0.3, 0.4) is 0 Å². The average Bonchev–Trinajstić information content (AvgIpc) is 3.12. The molecule has 0 aliphatic carbocycles. The molecule has 0 unspecified atom stereocenters. The number of hydrogen-bond acceptors (Lipinski definition) is 5. The van der Waals surface area contributed by atoms with Crippen LogP contribution in [-0.2, 0) is 9.59 Å². The Morgan fingerprint density at radius 3 is 2.59 bits per heavy atom. The summed E-state index contributed by atoms with van der Waals surface area (Å²) in [7, 11) is 0. The number of aryl methyl sites for hydroxylation is 1. The molecule has 0 aliphatic heterocycles. The highest BCUT2D eigenvalue weighted by atomic mass is 32.2. The zero-order valence-electron chi connectivity index (χ0n) is 15.4. The zero-order chi connectivity index (χ0) is 20.8. The van der Waals surface area contributed by atoms with Crippen molar-refractivity contribution in [3.8, 4) is 11.3 Å². The summed E-state index contributed by atoms with van der Waals surface area (Å²) in [4.78, 5) is 28.1. The first kappa shape index (κ1) is 20.9. The number of benzene rings is 2. The van der Waals surface area contributed by atoms with Crippen molar-refractivity contribution in [3.63, 3.8) is 0 Å². The van der Waals surface area contributed by atoms with Crippen molar-refractivity contribution in [2.45, 2.75) is 6.92 Å². The Labute approximate surface area is 174 Å². The second kappa shape index (κ2) is 9.62. The van der Waals surface area contributed by atoms with Crippen molar-refractivity contribution >= 4 is 45.7 Å². The molecule has 1 aromatic heterocycles. The molecule has 0 aliphatic rings. The lowest BCUT2D eigenvalue weighted by Crippen LogP contribution is -2.18.